The number of H-pyrrole nitrogens is 1. The van der Waals surface area contributed by atoms with Gasteiger partial charge in [-0.05, 0) is 43.2 Å². The van der Waals surface area contributed by atoms with Gasteiger partial charge in [-0.15, -0.1) is 0 Å². The predicted molar refractivity (Wildman–Crippen MR) is 119 cm³/mol. The fourth-order valence-electron chi connectivity index (χ4n) is 4.09. The maximum atomic E-state index is 12.6. The van der Waals surface area contributed by atoms with Crippen molar-refractivity contribution in [2.24, 2.45) is 0 Å². The van der Waals surface area contributed by atoms with Crippen molar-refractivity contribution in [1.82, 2.24) is 24.8 Å². The molecule has 0 atom stereocenters. The van der Waals surface area contributed by atoms with Gasteiger partial charge in [-0.3, -0.25) is 14.7 Å². The zero-order valence-electron chi connectivity index (χ0n) is 17.6. The van der Waals surface area contributed by atoms with Crippen LogP contribution in [0.1, 0.15) is 22.4 Å². The van der Waals surface area contributed by atoms with Crippen LogP contribution >= 0.6 is 0 Å². The Morgan fingerprint density at radius 1 is 1.16 bits per heavy atom. The normalized spacial score (nSPS) is 13.9. The van der Waals surface area contributed by atoms with Gasteiger partial charge in [0, 0.05) is 42.3 Å². The maximum Gasteiger partial charge on any atom is 0.254 e. The molecule has 0 unspecified atom stereocenters. The number of nitrogens with one attached hydrogen (secondary N) is 1. The molecule has 1 aliphatic rings. The van der Waals surface area contributed by atoms with E-state index in [1.165, 1.54) is 5.56 Å². The molecule has 1 aromatic carbocycles. The summed E-state index contributed by atoms with van der Waals surface area (Å²) in [7, 11) is 1.65. The minimum absolute atomic E-state index is 0.0781. The van der Waals surface area contributed by atoms with E-state index < -0.39 is 0 Å². The van der Waals surface area contributed by atoms with Gasteiger partial charge in [-0.1, -0.05) is 18.2 Å². The SMILES string of the molecule is COc1nc2cc(C)ccc2cc1CN1CCc2c(nc(-c3ccccn3)[nH]c2=O)C1. The van der Waals surface area contributed by atoms with E-state index in [1.807, 2.05) is 18.2 Å². The van der Waals surface area contributed by atoms with Gasteiger partial charge in [0.15, 0.2) is 5.82 Å². The first-order valence-corrected chi connectivity index (χ1v) is 10.3. The number of ether oxygens (including phenoxy) is 1. The Labute approximate surface area is 179 Å². The smallest absolute Gasteiger partial charge is 0.254 e. The molecule has 5 rings (SSSR count). The lowest BCUT2D eigenvalue weighted by Crippen LogP contribution is -2.35. The molecule has 0 fully saturated rings. The average molecular weight is 413 g/mol. The highest BCUT2D eigenvalue weighted by atomic mass is 16.5. The van der Waals surface area contributed by atoms with Gasteiger partial charge in [-0.2, -0.15) is 0 Å². The van der Waals surface area contributed by atoms with Crippen LogP contribution < -0.4 is 10.3 Å². The largest absolute Gasteiger partial charge is 0.481 e. The van der Waals surface area contributed by atoms with Crippen molar-refractivity contribution in [3.8, 4) is 17.4 Å². The van der Waals surface area contributed by atoms with Crippen molar-refractivity contribution in [2.75, 3.05) is 13.7 Å². The van der Waals surface area contributed by atoms with E-state index in [0.717, 1.165) is 34.3 Å². The highest BCUT2D eigenvalue weighted by Gasteiger charge is 2.23. The summed E-state index contributed by atoms with van der Waals surface area (Å²) in [6.07, 6.45) is 2.35. The fraction of sp³-hybridized carbons (Fsp3) is 0.250. The monoisotopic (exact) mass is 413 g/mol. The van der Waals surface area contributed by atoms with E-state index in [0.29, 0.717) is 36.9 Å². The van der Waals surface area contributed by atoms with Crippen LogP contribution in [0, 0.1) is 6.92 Å². The molecule has 3 aromatic heterocycles. The Morgan fingerprint density at radius 3 is 2.87 bits per heavy atom. The Hall–Kier alpha value is -3.58. The molecule has 7 nitrogen and oxygen atoms in total. The Morgan fingerprint density at radius 2 is 2.06 bits per heavy atom. The first-order valence-electron chi connectivity index (χ1n) is 10.3. The summed E-state index contributed by atoms with van der Waals surface area (Å²) in [6, 6.07) is 14.0. The summed E-state index contributed by atoms with van der Waals surface area (Å²) in [5.41, 5.74) is 5.27. The number of fused-ring (bicyclic) bond motifs is 2. The fourth-order valence-corrected chi connectivity index (χ4v) is 4.09. The van der Waals surface area contributed by atoms with Crippen LogP contribution in [0.2, 0.25) is 0 Å². The molecule has 156 valence electrons. The Kier molecular flexibility index (Phi) is 4.95. The summed E-state index contributed by atoms with van der Waals surface area (Å²) in [5, 5.41) is 1.09. The number of hydrogen-bond acceptors (Lipinski definition) is 6. The van der Waals surface area contributed by atoms with E-state index >= 15 is 0 Å². The number of hydrogen-bond donors (Lipinski definition) is 1. The van der Waals surface area contributed by atoms with E-state index in [2.05, 4.69) is 46.1 Å². The lowest BCUT2D eigenvalue weighted by molar-refractivity contribution is 0.236. The first kappa shape index (κ1) is 19.4. The van der Waals surface area contributed by atoms with E-state index in [9.17, 15) is 4.79 Å². The van der Waals surface area contributed by atoms with Crippen LogP contribution in [-0.4, -0.2) is 38.5 Å². The molecule has 0 amide bonds. The van der Waals surface area contributed by atoms with E-state index in [1.54, 1.807) is 13.3 Å². The highest BCUT2D eigenvalue weighted by Crippen LogP contribution is 2.26. The highest BCUT2D eigenvalue weighted by molar-refractivity contribution is 5.80. The number of nitrogens with zero attached hydrogens (tertiary/aromatic N) is 4. The van der Waals surface area contributed by atoms with Crippen molar-refractivity contribution in [2.45, 2.75) is 26.4 Å². The standard InChI is InChI=1S/C24H23N5O2/c1-15-6-7-16-12-17(24(31-2)27-20(16)11-15)13-29-10-8-18-21(14-29)26-22(28-23(18)30)19-5-3-4-9-25-19/h3-7,9,11-12H,8,10,13-14H2,1-2H3,(H,26,28,30). The van der Waals surface area contributed by atoms with E-state index in [-0.39, 0.29) is 5.56 Å². The summed E-state index contributed by atoms with van der Waals surface area (Å²) < 4.78 is 5.58. The third kappa shape index (κ3) is 3.80. The van der Waals surface area contributed by atoms with Crippen LogP contribution in [0.3, 0.4) is 0 Å². The van der Waals surface area contributed by atoms with Crippen molar-refractivity contribution in [1.29, 1.82) is 0 Å². The number of aromatic nitrogens is 4. The summed E-state index contributed by atoms with van der Waals surface area (Å²) >= 11 is 0. The average Bonchev–Trinajstić information content (AvgIpc) is 2.79. The third-order valence-corrected chi connectivity index (χ3v) is 5.66. The van der Waals surface area contributed by atoms with Gasteiger partial charge in [0.2, 0.25) is 5.88 Å². The topological polar surface area (TPSA) is 84.0 Å². The lowest BCUT2D eigenvalue weighted by atomic mass is 10.0. The molecular weight excluding hydrogens is 390 g/mol. The first-order chi connectivity index (χ1) is 15.1. The molecule has 7 heteroatoms. The van der Waals surface area contributed by atoms with Crippen molar-refractivity contribution in [3.05, 3.63) is 81.4 Å². The zero-order chi connectivity index (χ0) is 21.4. The van der Waals surface area contributed by atoms with Gasteiger partial charge >= 0.3 is 0 Å². The van der Waals surface area contributed by atoms with Crippen LogP contribution in [0.15, 0.2) is 53.5 Å². The second-order valence-corrected chi connectivity index (χ2v) is 7.87. The van der Waals surface area contributed by atoms with Gasteiger partial charge in [-0.25, -0.2) is 9.97 Å². The number of pyridine rings is 2. The molecule has 0 radical (unpaired) electrons. The zero-order valence-corrected chi connectivity index (χ0v) is 17.6. The Balaban J connectivity index is 1.45. The van der Waals surface area contributed by atoms with Crippen LogP contribution in [-0.2, 0) is 19.5 Å². The molecular formula is C24H23N5O2. The molecule has 4 heterocycles. The van der Waals surface area contributed by atoms with Gasteiger partial charge in [0.05, 0.1) is 18.3 Å². The molecule has 0 saturated heterocycles. The summed E-state index contributed by atoms with van der Waals surface area (Å²) in [6.45, 7) is 4.09. The minimum Gasteiger partial charge on any atom is -0.481 e. The number of benzene rings is 1. The molecule has 4 aromatic rings. The molecule has 0 bridgehead atoms. The predicted octanol–water partition coefficient (Wildman–Crippen LogP) is 3.26. The number of rotatable bonds is 4. The van der Waals surface area contributed by atoms with Gasteiger partial charge < -0.3 is 9.72 Å². The molecule has 0 spiro atoms. The number of aromatic amines is 1. The lowest BCUT2D eigenvalue weighted by Gasteiger charge is -2.28. The van der Waals surface area contributed by atoms with Crippen LogP contribution in [0.25, 0.3) is 22.4 Å². The van der Waals surface area contributed by atoms with Gasteiger partial charge in [0.1, 0.15) is 5.69 Å². The quantitative estimate of drug-likeness (QED) is 0.553. The molecule has 31 heavy (non-hydrogen) atoms. The van der Waals surface area contributed by atoms with Crippen molar-refractivity contribution >= 4 is 10.9 Å². The van der Waals surface area contributed by atoms with Crippen molar-refractivity contribution < 1.29 is 4.74 Å². The summed E-state index contributed by atoms with van der Waals surface area (Å²) in [4.78, 5) is 31.5. The maximum absolute atomic E-state index is 12.6. The minimum atomic E-state index is -0.0781. The molecule has 1 N–H and O–H groups in total. The van der Waals surface area contributed by atoms with Gasteiger partial charge in [0.25, 0.3) is 5.56 Å². The third-order valence-electron chi connectivity index (χ3n) is 5.66. The van der Waals surface area contributed by atoms with E-state index in [4.69, 9.17) is 14.7 Å². The molecule has 0 saturated carbocycles. The Bertz CT molecular complexity index is 1320. The molecule has 1 aliphatic heterocycles. The van der Waals surface area contributed by atoms with Crippen LogP contribution in [0.4, 0.5) is 0 Å². The summed E-state index contributed by atoms with van der Waals surface area (Å²) in [5.74, 6) is 1.14. The van der Waals surface area contributed by atoms with Crippen LogP contribution in [0.5, 0.6) is 5.88 Å². The molecule has 0 aliphatic carbocycles. The second-order valence-electron chi connectivity index (χ2n) is 7.87. The number of aryl methyl sites for hydroxylation is 1. The second kappa shape index (κ2) is 7.92. The number of methoxy groups -OCH3 is 1. The van der Waals surface area contributed by atoms with Crippen molar-refractivity contribution in [3.63, 3.8) is 0 Å².